The summed E-state index contributed by atoms with van der Waals surface area (Å²) < 4.78 is 39.0. The summed E-state index contributed by atoms with van der Waals surface area (Å²) in [6, 6.07) is 5.17. The first-order valence-electron chi connectivity index (χ1n) is 7.87. The third-order valence-electron chi connectivity index (χ3n) is 4.46. The van der Waals surface area contributed by atoms with E-state index in [1.165, 1.54) is 6.07 Å². The number of hydrogen-bond donors (Lipinski definition) is 1. The number of dihydropyridines is 1. The van der Waals surface area contributed by atoms with Crippen LogP contribution in [0.15, 0.2) is 41.2 Å². The minimum atomic E-state index is -4.41. The van der Waals surface area contributed by atoms with Gasteiger partial charge in [-0.25, -0.2) is 0 Å². The fraction of sp³-hybridized carbons (Fsp3) is 0.421. The Morgan fingerprint density at radius 1 is 1.25 bits per heavy atom. The first-order chi connectivity index (χ1) is 11.1. The predicted octanol–water partition coefficient (Wildman–Crippen LogP) is 4.74. The Balaban J connectivity index is 2.08. The standard InChI is InChI=1S/C19H19F3NO/c1-11-7-14(12-5-4-6-13(8-12)19(20,21)22)17-15(23-11)9-18(2,3)10-16(17)24/h4-6,8,14,23H,9-10H2,1-3H3. The van der Waals surface area contributed by atoms with Gasteiger partial charge in [0, 0.05) is 29.3 Å². The van der Waals surface area contributed by atoms with Gasteiger partial charge in [-0.15, -0.1) is 0 Å². The number of carbonyl (C=O) groups is 1. The molecule has 0 saturated carbocycles. The van der Waals surface area contributed by atoms with E-state index >= 15 is 0 Å². The molecule has 0 bridgehead atoms. The third kappa shape index (κ3) is 3.12. The molecule has 5 heteroatoms. The number of benzene rings is 1. The van der Waals surface area contributed by atoms with E-state index in [0.717, 1.165) is 23.5 Å². The van der Waals surface area contributed by atoms with Gasteiger partial charge in [-0.2, -0.15) is 13.2 Å². The van der Waals surface area contributed by atoms with Crippen LogP contribution in [0.25, 0.3) is 0 Å². The largest absolute Gasteiger partial charge is 0.416 e. The Kier molecular flexibility index (Phi) is 3.85. The summed E-state index contributed by atoms with van der Waals surface area (Å²) in [6.07, 6.45) is -0.188. The van der Waals surface area contributed by atoms with E-state index in [1.54, 1.807) is 6.07 Å². The molecule has 2 nitrogen and oxygen atoms in total. The van der Waals surface area contributed by atoms with Crippen molar-refractivity contribution in [1.29, 1.82) is 0 Å². The zero-order chi connectivity index (χ0) is 17.7. The number of alkyl halides is 3. The summed E-state index contributed by atoms with van der Waals surface area (Å²) in [6.45, 7) is 5.86. The smallest absolute Gasteiger partial charge is 0.362 e. The van der Waals surface area contributed by atoms with Gasteiger partial charge in [-0.1, -0.05) is 32.0 Å². The van der Waals surface area contributed by atoms with Crippen LogP contribution >= 0.6 is 0 Å². The molecule has 0 amide bonds. The van der Waals surface area contributed by atoms with Crippen molar-refractivity contribution in [2.75, 3.05) is 0 Å². The highest BCUT2D eigenvalue weighted by molar-refractivity contribution is 5.99. The molecule has 1 heterocycles. The number of carbonyl (C=O) groups excluding carboxylic acids is 1. The second-order valence-corrected chi connectivity index (χ2v) is 7.28. The zero-order valence-electron chi connectivity index (χ0n) is 13.8. The van der Waals surface area contributed by atoms with E-state index in [-0.39, 0.29) is 11.2 Å². The fourth-order valence-corrected chi connectivity index (χ4v) is 3.48. The van der Waals surface area contributed by atoms with Crippen LogP contribution in [0.4, 0.5) is 13.2 Å². The van der Waals surface area contributed by atoms with Crippen molar-refractivity contribution in [2.45, 2.75) is 45.7 Å². The lowest BCUT2D eigenvalue weighted by Crippen LogP contribution is -2.35. The van der Waals surface area contributed by atoms with Gasteiger partial charge in [0.25, 0.3) is 0 Å². The molecule has 0 saturated heterocycles. The summed E-state index contributed by atoms with van der Waals surface area (Å²) in [5, 5.41) is 3.19. The molecule has 3 rings (SSSR count). The molecule has 2 aliphatic rings. The summed E-state index contributed by atoms with van der Waals surface area (Å²) in [5.41, 5.74) is 1.70. The van der Waals surface area contributed by atoms with Crippen LogP contribution in [0.3, 0.4) is 0 Å². The van der Waals surface area contributed by atoms with Gasteiger partial charge in [0.1, 0.15) is 0 Å². The van der Waals surface area contributed by atoms with E-state index in [0.29, 0.717) is 24.0 Å². The normalized spacial score (nSPS) is 23.5. The molecule has 1 aliphatic carbocycles. The molecule has 0 aromatic heterocycles. The highest BCUT2D eigenvalue weighted by Gasteiger charge is 2.39. The molecular formula is C19H19F3NO. The Morgan fingerprint density at radius 3 is 2.62 bits per heavy atom. The summed E-state index contributed by atoms with van der Waals surface area (Å²) in [4.78, 5) is 12.6. The number of nitrogens with one attached hydrogen (secondary N) is 1. The van der Waals surface area contributed by atoms with E-state index in [9.17, 15) is 18.0 Å². The van der Waals surface area contributed by atoms with Crippen molar-refractivity contribution < 1.29 is 18.0 Å². The lowest BCUT2D eigenvalue weighted by molar-refractivity contribution is -0.137. The monoisotopic (exact) mass is 334 g/mol. The molecule has 1 atom stereocenters. The Bertz CT molecular complexity index is 756. The highest BCUT2D eigenvalue weighted by atomic mass is 19.4. The van der Waals surface area contributed by atoms with E-state index in [2.05, 4.69) is 11.4 Å². The molecule has 1 aliphatic heterocycles. The van der Waals surface area contributed by atoms with Crippen LogP contribution < -0.4 is 5.32 Å². The quantitative estimate of drug-likeness (QED) is 0.803. The molecule has 1 radical (unpaired) electrons. The van der Waals surface area contributed by atoms with Crippen LogP contribution in [0, 0.1) is 11.5 Å². The van der Waals surface area contributed by atoms with Crippen molar-refractivity contribution in [3.05, 3.63) is 58.4 Å². The zero-order valence-corrected chi connectivity index (χ0v) is 13.8. The van der Waals surface area contributed by atoms with Crippen LogP contribution in [0.1, 0.15) is 50.7 Å². The molecular weight excluding hydrogens is 315 g/mol. The predicted molar refractivity (Wildman–Crippen MR) is 84.8 cm³/mol. The van der Waals surface area contributed by atoms with Crippen LogP contribution in [-0.2, 0) is 11.0 Å². The SMILES string of the molecule is CC1=[C]C(c2cccc(C(F)(F)F)c2)C2=C(CC(C)(C)CC2=O)N1. The van der Waals surface area contributed by atoms with Gasteiger partial charge < -0.3 is 5.32 Å². The van der Waals surface area contributed by atoms with Gasteiger partial charge in [0.15, 0.2) is 5.78 Å². The first-order valence-corrected chi connectivity index (χ1v) is 7.87. The van der Waals surface area contributed by atoms with Crippen LogP contribution in [0.5, 0.6) is 0 Å². The second kappa shape index (κ2) is 5.50. The molecule has 1 unspecified atom stereocenters. The molecule has 1 aromatic rings. The van der Waals surface area contributed by atoms with E-state index < -0.39 is 17.7 Å². The summed E-state index contributed by atoms with van der Waals surface area (Å²) >= 11 is 0. The third-order valence-corrected chi connectivity index (χ3v) is 4.46. The lowest BCUT2D eigenvalue weighted by atomic mass is 9.70. The second-order valence-electron chi connectivity index (χ2n) is 7.28. The van der Waals surface area contributed by atoms with Gasteiger partial charge >= 0.3 is 6.18 Å². The van der Waals surface area contributed by atoms with Crippen molar-refractivity contribution >= 4 is 5.78 Å². The average molecular weight is 334 g/mol. The number of halogens is 3. The van der Waals surface area contributed by atoms with Crippen molar-refractivity contribution in [2.24, 2.45) is 5.41 Å². The Labute approximate surface area is 139 Å². The summed E-state index contributed by atoms with van der Waals surface area (Å²) in [5.74, 6) is -0.566. The molecule has 24 heavy (non-hydrogen) atoms. The van der Waals surface area contributed by atoms with Crippen LogP contribution in [-0.4, -0.2) is 5.78 Å². The molecule has 127 valence electrons. The topological polar surface area (TPSA) is 29.1 Å². The van der Waals surface area contributed by atoms with Crippen molar-refractivity contribution in [1.82, 2.24) is 5.32 Å². The van der Waals surface area contributed by atoms with E-state index in [4.69, 9.17) is 0 Å². The van der Waals surface area contributed by atoms with Gasteiger partial charge in [0.2, 0.25) is 0 Å². The van der Waals surface area contributed by atoms with Gasteiger partial charge in [-0.05, 0) is 36.5 Å². The minimum Gasteiger partial charge on any atom is -0.362 e. The number of rotatable bonds is 1. The number of ketones is 1. The molecule has 1 N–H and O–H groups in total. The van der Waals surface area contributed by atoms with Gasteiger partial charge in [0.05, 0.1) is 5.56 Å². The fourth-order valence-electron chi connectivity index (χ4n) is 3.48. The molecule has 1 aromatic carbocycles. The Hall–Kier alpha value is -2.04. The lowest BCUT2D eigenvalue weighted by Gasteiger charge is -2.37. The first kappa shape index (κ1) is 16.8. The maximum atomic E-state index is 13.0. The Morgan fingerprint density at radius 2 is 1.96 bits per heavy atom. The van der Waals surface area contributed by atoms with Gasteiger partial charge in [-0.3, -0.25) is 4.79 Å². The summed E-state index contributed by atoms with van der Waals surface area (Å²) in [7, 11) is 0. The molecule has 0 spiro atoms. The van der Waals surface area contributed by atoms with Crippen molar-refractivity contribution in [3.63, 3.8) is 0 Å². The van der Waals surface area contributed by atoms with E-state index in [1.807, 2.05) is 20.8 Å². The van der Waals surface area contributed by atoms with Crippen molar-refractivity contribution in [3.8, 4) is 0 Å². The minimum absolute atomic E-state index is 0.0174. The highest BCUT2D eigenvalue weighted by Crippen LogP contribution is 2.44. The molecule has 0 fully saturated rings. The maximum absolute atomic E-state index is 13.0. The number of Topliss-reactive ketones (excluding diaryl/α,β-unsaturated/α-hetero) is 1. The maximum Gasteiger partial charge on any atom is 0.416 e. The van der Waals surface area contributed by atoms with Crippen LogP contribution in [0.2, 0.25) is 0 Å². The number of allylic oxidation sites excluding steroid dienone is 4. The number of hydrogen-bond acceptors (Lipinski definition) is 2. The average Bonchev–Trinajstić information content (AvgIpc) is 2.43.